The van der Waals surface area contributed by atoms with Gasteiger partial charge in [0.25, 0.3) is 0 Å². The second-order valence-corrected chi connectivity index (χ2v) is 6.92. The number of sulfone groups is 1. The highest BCUT2D eigenvalue weighted by molar-refractivity contribution is 9.09. The summed E-state index contributed by atoms with van der Waals surface area (Å²) in [4.78, 5) is 13.4. The summed E-state index contributed by atoms with van der Waals surface area (Å²) in [5, 5.41) is -0.328. The van der Waals surface area contributed by atoms with Crippen LogP contribution in [0.25, 0.3) is 0 Å². The number of alkyl halides is 1. The van der Waals surface area contributed by atoms with Crippen LogP contribution >= 0.6 is 15.9 Å². The molecule has 0 bridgehead atoms. The zero-order chi connectivity index (χ0) is 12.3. The Morgan fingerprint density at radius 3 is 2.75 bits per heavy atom. The Bertz CT molecular complexity index is 357. The Kier molecular flexibility index (Phi) is 4.75. The van der Waals surface area contributed by atoms with Crippen LogP contribution in [0.2, 0.25) is 0 Å². The summed E-state index contributed by atoms with van der Waals surface area (Å²) in [6, 6.07) is 0. The number of morpholine rings is 1. The second-order valence-electron chi connectivity index (χ2n) is 3.90. The van der Waals surface area contributed by atoms with Crippen LogP contribution in [0.15, 0.2) is 0 Å². The highest BCUT2D eigenvalue weighted by atomic mass is 79.9. The number of hydrogen-bond donors (Lipinski definition) is 0. The number of amides is 1. The Labute approximate surface area is 104 Å². The van der Waals surface area contributed by atoms with Crippen LogP contribution in [0.5, 0.6) is 0 Å². The van der Waals surface area contributed by atoms with Gasteiger partial charge in [0, 0.05) is 24.7 Å². The lowest BCUT2D eigenvalue weighted by atomic mass is 10.3. The summed E-state index contributed by atoms with van der Waals surface area (Å²) in [6.07, 6.45) is 1.03. The molecular weight excluding hydrogens is 298 g/mol. The molecule has 2 unspecified atom stereocenters. The average molecular weight is 314 g/mol. The van der Waals surface area contributed by atoms with Crippen LogP contribution in [-0.2, 0) is 19.4 Å². The van der Waals surface area contributed by atoms with E-state index in [4.69, 9.17) is 4.74 Å². The number of carbonyl (C=O) groups excluding carboxylic acids is 1. The third-order valence-corrected chi connectivity index (χ3v) is 4.82. The van der Waals surface area contributed by atoms with Crippen molar-refractivity contribution in [3.05, 3.63) is 0 Å². The number of carbonyl (C=O) groups is 1. The van der Waals surface area contributed by atoms with Crippen LogP contribution < -0.4 is 0 Å². The fourth-order valence-electron chi connectivity index (χ4n) is 1.45. The molecule has 0 aromatic rings. The molecule has 7 heteroatoms. The van der Waals surface area contributed by atoms with Gasteiger partial charge in [-0.1, -0.05) is 15.9 Å². The van der Waals surface area contributed by atoms with Crippen LogP contribution in [0.1, 0.15) is 6.92 Å². The zero-order valence-corrected chi connectivity index (χ0v) is 11.8. The van der Waals surface area contributed by atoms with Gasteiger partial charge in [0.1, 0.15) is 5.25 Å². The van der Waals surface area contributed by atoms with Crippen molar-refractivity contribution < 1.29 is 17.9 Å². The highest BCUT2D eigenvalue weighted by Crippen LogP contribution is 2.11. The highest BCUT2D eigenvalue weighted by Gasteiger charge is 2.31. The van der Waals surface area contributed by atoms with Gasteiger partial charge in [-0.2, -0.15) is 0 Å². The number of nitrogens with zero attached hydrogens (tertiary/aromatic N) is 1. The van der Waals surface area contributed by atoms with Gasteiger partial charge in [-0.15, -0.1) is 0 Å². The van der Waals surface area contributed by atoms with Gasteiger partial charge in [0.05, 0.1) is 12.7 Å². The summed E-state index contributed by atoms with van der Waals surface area (Å²) in [7, 11) is -3.32. The molecule has 2 atom stereocenters. The minimum atomic E-state index is -3.32. The normalized spacial score (nSPS) is 24.2. The first-order chi connectivity index (χ1) is 7.36. The van der Waals surface area contributed by atoms with Gasteiger partial charge in [0.2, 0.25) is 5.91 Å². The van der Waals surface area contributed by atoms with Crippen molar-refractivity contribution in [1.82, 2.24) is 4.90 Å². The van der Waals surface area contributed by atoms with Crippen molar-refractivity contribution in [1.29, 1.82) is 0 Å². The third-order valence-electron chi connectivity index (χ3n) is 2.61. The van der Waals surface area contributed by atoms with Gasteiger partial charge >= 0.3 is 0 Å². The van der Waals surface area contributed by atoms with E-state index in [-0.39, 0.29) is 12.0 Å². The maximum absolute atomic E-state index is 11.9. The van der Waals surface area contributed by atoms with Crippen LogP contribution in [0.4, 0.5) is 0 Å². The van der Waals surface area contributed by atoms with E-state index >= 15 is 0 Å². The van der Waals surface area contributed by atoms with E-state index in [2.05, 4.69) is 15.9 Å². The second kappa shape index (κ2) is 5.46. The van der Waals surface area contributed by atoms with Crippen molar-refractivity contribution in [2.75, 3.05) is 31.3 Å². The summed E-state index contributed by atoms with van der Waals surface area (Å²) in [6.45, 7) is 2.79. The minimum Gasteiger partial charge on any atom is -0.374 e. The molecule has 0 radical (unpaired) electrons. The van der Waals surface area contributed by atoms with Gasteiger partial charge in [-0.25, -0.2) is 8.42 Å². The van der Waals surface area contributed by atoms with Crippen LogP contribution in [-0.4, -0.2) is 61.9 Å². The smallest absolute Gasteiger partial charge is 0.240 e. The van der Waals surface area contributed by atoms with Crippen LogP contribution in [0, 0.1) is 0 Å². The molecule has 94 valence electrons. The lowest BCUT2D eigenvalue weighted by Crippen LogP contribution is -2.50. The quantitative estimate of drug-likeness (QED) is 0.690. The van der Waals surface area contributed by atoms with Gasteiger partial charge in [0.15, 0.2) is 9.84 Å². The Morgan fingerprint density at radius 2 is 2.25 bits per heavy atom. The van der Waals surface area contributed by atoms with Crippen molar-refractivity contribution in [3.63, 3.8) is 0 Å². The lowest BCUT2D eigenvalue weighted by molar-refractivity contribution is -0.137. The maximum Gasteiger partial charge on any atom is 0.240 e. The molecule has 1 fully saturated rings. The molecule has 5 nitrogen and oxygen atoms in total. The van der Waals surface area contributed by atoms with Crippen LogP contribution in [0.3, 0.4) is 0 Å². The third kappa shape index (κ3) is 3.43. The first-order valence-corrected chi connectivity index (χ1v) is 8.09. The summed E-state index contributed by atoms with van der Waals surface area (Å²) in [5.74, 6) is -0.336. The number of rotatable bonds is 3. The van der Waals surface area contributed by atoms with E-state index < -0.39 is 15.1 Å². The number of ether oxygens (including phenoxy) is 1. The monoisotopic (exact) mass is 313 g/mol. The van der Waals surface area contributed by atoms with E-state index in [1.807, 2.05) is 0 Å². The summed E-state index contributed by atoms with van der Waals surface area (Å²) in [5.41, 5.74) is 0. The molecular formula is C9H16BrNO4S. The minimum absolute atomic E-state index is 0.0514. The number of halogens is 1. The van der Waals surface area contributed by atoms with E-state index in [1.165, 1.54) is 6.92 Å². The first kappa shape index (κ1) is 13.9. The molecule has 0 N–H and O–H groups in total. The summed E-state index contributed by atoms with van der Waals surface area (Å²) < 4.78 is 27.9. The SMILES string of the molecule is CC(C(=O)N1CCOC(CBr)C1)S(C)(=O)=O. The molecule has 1 amide bonds. The fraction of sp³-hybridized carbons (Fsp3) is 0.889. The van der Waals surface area contributed by atoms with Gasteiger partial charge < -0.3 is 9.64 Å². The molecule has 0 aromatic carbocycles. The summed E-state index contributed by atoms with van der Waals surface area (Å²) >= 11 is 3.28. The Balaban J connectivity index is 2.67. The van der Waals surface area contributed by atoms with Crippen molar-refractivity contribution in [2.45, 2.75) is 18.3 Å². The molecule has 1 aliphatic heterocycles. The Hall–Kier alpha value is -0.140. The predicted octanol–water partition coefficient (Wildman–Crippen LogP) is 0.0418. The maximum atomic E-state index is 11.9. The predicted molar refractivity (Wildman–Crippen MR) is 64.4 cm³/mol. The largest absolute Gasteiger partial charge is 0.374 e. The molecule has 0 aromatic heterocycles. The molecule has 1 saturated heterocycles. The lowest BCUT2D eigenvalue weighted by Gasteiger charge is -2.33. The van der Waals surface area contributed by atoms with E-state index in [0.717, 1.165) is 6.26 Å². The topological polar surface area (TPSA) is 63.7 Å². The van der Waals surface area contributed by atoms with Crippen molar-refractivity contribution in [2.24, 2.45) is 0 Å². The first-order valence-electron chi connectivity index (χ1n) is 5.01. The molecule has 0 aliphatic carbocycles. The van der Waals surface area contributed by atoms with E-state index in [1.54, 1.807) is 4.90 Å². The average Bonchev–Trinajstić information content (AvgIpc) is 2.26. The molecule has 16 heavy (non-hydrogen) atoms. The Morgan fingerprint density at radius 1 is 1.62 bits per heavy atom. The van der Waals surface area contributed by atoms with Gasteiger partial charge in [-0.3, -0.25) is 4.79 Å². The zero-order valence-electron chi connectivity index (χ0n) is 9.35. The molecule has 0 saturated carbocycles. The molecule has 1 aliphatic rings. The van der Waals surface area contributed by atoms with Gasteiger partial charge in [-0.05, 0) is 6.92 Å². The standard InChI is InChI=1S/C9H16BrNO4S/c1-7(16(2,13)14)9(12)11-3-4-15-8(5-10)6-11/h7-8H,3-6H2,1-2H3. The number of hydrogen-bond acceptors (Lipinski definition) is 4. The molecule has 0 spiro atoms. The molecule has 1 rings (SSSR count). The van der Waals surface area contributed by atoms with E-state index in [9.17, 15) is 13.2 Å². The van der Waals surface area contributed by atoms with E-state index in [0.29, 0.717) is 25.0 Å². The van der Waals surface area contributed by atoms with Crippen molar-refractivity contribution >= 4 is 31.7 Å². The fourth-order valence-corrected chi connectivity index (χ4v) is 2.36. The van der Waals surface area contributed by atoms with Crippen molar-refractivity contribution in [3.8, 4) is 0 Å². The molecule has 1 heterocycles.